The van der Waals surface area contributed by atoms with E-state index < -0.39 is 11.5 Å². The molecule has 2 amide bonds. The lowest BCUT2D eigenvalue weighted by atomic mass is 9.92. The smallest absolute Gasteiger partial charge is 0.278 e. The van der Waals surface area contributed by atoms with E-state index in [2.05, 4.69) is 5.32 Å². The molecule has 1 unspecified atom stereocenters. The van der Waals surface area contributed by atoms with Gasteiger partial charge in [0, 0.05) is 18.1 Å². The summed E-state index contributed by atoms with van der Waals surface area (Å²) in [5, 5.41) is 3.24. The Morgan fingerprint density at radius 2 is 2.04 bits per heavy atom. The summed E-state index contributed by atoms with van der Waals surface area (Å²) in [7, 11) is 1.76. The molecule has 1 aromatic carbocycles. The van der Waals surface area contributed by atoms with Gasteiger partial charge in [0.1, 0.15) is 5.75 Å². The van der Waals surface area contributed by atoms with Crippen LogP contribution in [-0.2, 0) is 9.59 Å². The molecule has 1 atom stereocenters. The van der Waals surface area contributed by atoms with Crippen molar-refractivity contribution >= 4 is 29.1 Å². The molecule has 0 spiro atoms. The maximum absolute atomic E-state index is 12.9. The van der Waals surface area contributed by atoms with Crippen molar-refractivity contribution in [2.75, 3.05) is 12.4 Å². The SMILES string of the molecule is CN(C(=O)C1(C)Oc2ccc(Cl)cc2NC1=O)C1CCCCC1. The minimum atomic E-state index is -1.55. The molecule has 1 aromatic rings. The van der Waals surface area contributed by atoms with Crippen LogP contribution in [0, 0.1) is 0 Å². The van der Waals surface area contributed by atoms with Gasteiger partial charge in [0.05, 0.1) is 5.69 Å². The summed E-state index contributed by atoms with van der Waals surface area (Å²) in [6.45, 7) is 1.53. The Labute approximate surface area is 140 Å². The Hall–Kier alpha value is -1.75. The lowest BCUT2D eigenvalue weighted by Crippen LogP contribution is -2.60. The zero-order valence-corrected chi connectivity index (χ0v) is 14.2. The number of fused-ring (bicyclic) bond motifs is 1. The molecule has 1 heterocycles. The minimum Gasteiger partial charge on any atom is -0.466 e. The molecule has 1 aliphatic heterocycles. The van der Waals surface area contributed by atoms with Gasteiger partial charge in [-0.05, 0) is 38.0 Å². The molecule has 1 aliphatic carbocycles. The first-order valence-corrected chi connectivity index (χ1v) is 8.37. The normalized spacial score (nSPS) is 24.4. The van der Waals surface area contributed by atoms with Crippen molar-refractivity contribution in [3.8, 4) is 5.75 Å². The third-order valence-corrected chi connectivity index (χ3v) is 5.02. The zero-order chi connectivity index (χ0) is 16.6. The molecule has 5 nitrogen and oxygen atoms in total. The van der Waals surface area contributed by atoms with Crippen LogP contribution >= 0.6 is 11.6 Å². The molecule has 23 heavy (non-hydrogen) atoms. The highest BCUT2D eigenvalue weighted by Crippen LogP contribution is 2.36. The van der Waals surface area contributed by atoms with E-state index in [9.17, 15) is 9.59 Å². The van der Waals surface area contributed by atoms with Gasteiger partial charge in [-0.2, -0.15) is 0 Å². The van der Waals surface area contributed by atoms with Gasteiger partial charge in [-0.1, -0.05) is 30.9 Å². The van der Waals surface area contributed by atoms with Crippen LogP contribution < -0.4 is 10.1 Å². The predicted octanol–water partition coefficient (Wildman–Crippen LogP) is 3.22. The number of ether oxygens (including phenoxy) is 1. The molecule has 0 bridgehead atoms. The lowest BCUT2D eigenvalue weighted by Gasteiger charge is -2.39. The third kappa shape index (κ3) is 2.90. The van der Waals surface area contributed by atoms with E-state index in [1.54, 1.807) is 30.1 Å². The second-order valence-corrected chi connectivity index (χ2v) is 6.87. The number of halogens is 1. The number of nitrogens with one attached hydrogen (secondary N) is 1. The molecular formula is C17H21ClN2O3. The molecule has 1 N–H and O–H groups in total. The van der Waals surface area contributed by atoms with E-state index in [1.165, 1.54) is 13.3 Å². The highest BCUT2D eigenvalue weighted by Gasteiger charge is 2.49. The van der Waals surface area contributed by atoms with Crippen molar-refractivity contribution in [1.29, 1.82) is 0 Å². The van der Waals surface area contributed by atoms with Crippen LogP contribution in [0.1, 0.15) is 39.0 Å². The number of amides is 2. The summed E-state index contributed by atoms with van der Waals surface area (Å²) in [5.41, 5.74) is -1.05. The average Bonchev–Trinajstić information content (AvgIpc) is 2.56. The number of rotatable bonds is 2. The van der Waals surface area contributed by atoms with Crippen molar-refractivity contribution in [1.82, 2.24) is 4.90 Å². The highest BCUT2D eigenvalue weighted by molar-refractivity contribution is 6.31. The molecule has 124 valence electrons. The average molecular weight is 337 g/mol. The molecule has 1 saturated carbocycles. The summed E-state index contributed by atoms with van der Waals surface area (Å²) in [6, 6.07) is 5.14. The molecule has 3 rings (SSSR count). The second-order valence-electron chi connectivity index (χ2n) is 6.44. The number of nitrogens with zero attached hydrogens (tertiary/aromatic N) is 1. The fourth-order valence-corrected chi connectivity index (χ4v) is 3.48. The van der Waals surface area contributed by atoms with Crippen LogP contribution in [0.25, 0.3) is 0 Å². The van der Waals surface area contributed by atoms with Crippen LogP contribution in [0.15, 0.2) is 18.2 Å². The molecule has 6 heteroatoms. The number of hydrogen-bond donors (Lipinski definition) is 1. The number of benzene rings is 1. The first kappa shape index (κ1) is 16.1. The van der Waals surface area contributed by atoms with Gasteiger partial charge in [-0.25, -0.2) is 0 Å². The maximum atomic E-state index is 12.9. The Morgan fingerprint density at radius 3 is 2.74 bits per heavy atom. The van der Waals surface area contributed by atoms with Gasteiger partial charge >= 0.3 is 0 Å². The molecule has 2 aliphatic rings. The fraction of sp³-hybridized carbons (Fsp3) is 0.529. The van der Waals surface area contributed by atoms with Crippen molar-refractivity contribution in [2.45, 2.75) is 50.7 Å². The third-order valence-electron chi connectivity index (χ3n) is 4.79. The summed E-state index contributed by atoms with van der Waals surface area (Å²) in [5.74, 6) is -0.302. The molecule has 1 fully saturated rings. The van der Waals surface area contributed by atoms with Gasteiger partial charge in [0.15, 0.2) is 0 Å². The number of likely N-dealkylation sites (N-methyl/N-ethyl adjacent to an activating group) is 1. The van der Waals surface area contributed by atoms with E-state index in [1.807, 2.05) is 0 Å². The zero-order valence-electron chi connectivity index (χ0n) is 13.4. The van der Waals surface area contributed by atoms with Crippen molar-refractivity contribution in [2.24, 2.45) is 0 Å². The van der Waals surface area contributed by atoms with Gasteiger partial charge in [0.25, 0.3) is 17.4 Å². The van der Waals surface area contributed by atoms with Crippen molar-refractivity contribution in [3.63, 3.8) is 0 Å². The topological polar surface area (TPSA) is 58.6 Å². The van der Waals surface area contributed by atoms with Gasteiger partial charge in [-0.15, -0.1) is 0 Å². The number of hydrogen-bond acceptors (Lipinski definition) is 3. The number of carbonyl (C=O) groups is 2. The summed E-state index contributed by atoms with van der Waals surface area (Å²) in [4.78, 5) is 27.1. The Morgan fingerprint density at radius 1 is 1.35 bits per heavy atom. The Bertz CT molecular complexity index is 643. The van der Waals surface area contributed by atoms with Crippen LogP contribution in [0.4, 0.5) is 5.69 Å². The van der Waals surface area contributed by atoms with Gasteiger partial charge in [0.2, 0.25) is 0 Å². The van der Waals surface area contributed by atoms with E-state index in [0.29, 0.717) is 16.5 Å². The van der Waals surface area contributed by atoms with E-state index >= 15 is 0 Å². The van der Waals surface area contributed by atoms with Gasteiger partial charge < -0.3 is 15.0 Å². The van der Waals surface area contributed by atoms with Crippen molar-refractivity contribution in [3.05, 3.63) is 23.2 Å². The van der Waals surface area contributed by atoms with E-state index in [-0.39, 0.29) is 11.9 Å². The first-order valence-electron chi connectivity index (χ1n) is 7.99. The van der Waals surface area contributed by atoms with Gasteiger partial charge in [-0.3, -0.25) is 9.59 Å². The molecule has 0 aromatic heterocycles. The summed E-state index contributed by atoms with van der Waals surface area (Å²) < 4.78 is 5.80. The minimum absolute atomic E-state index is 0.177. The van der Waals surface area contributed by atoms with Crippen LogP contribution in [0.3, 0.4) is 0 Å². The first-order chi connectivity index (χ1) is 10.9. The summed E-state index contributed by atoms with van der Waals surface area (Å²) >= 11 is 5.93. The molecule has 0 saturated heterocycles. The largest absolute Gasteiger partial charge is 0.466 e. The predicted molar refractivity (Wildman–Crippen MR) is 88.8 cm³/mol. The quantitative estimate of drug-likeness (QED) is 0.844. The number of carbonyl (C=O) groups excluding carboxylic acids is 2. The van der Waals surface area contributed by atoms with Crippen LogP contribution in [-0.4, -0.2) is 35.4 Å². The monoisotopic (exact) mass is 336 g/mol. The second kappa shape index (κ2) is 6.04. The standard InChI is InChI=1S/C17H21ClN2O3/c1-17(16(22)20(2)12-6-4-3-5-7-12)15(21)19-13-10-11(18)8-9-14(13)23-17/h8-10,12H,3-7H2,1-2H3,(H,19,21). The molecule has 0 radical (unpaired) electrons. The van der Waals surface area contributed by atoms with Crippen LogP contribution in [0.5, 0.6) is 5.75 Å². The highest BCUT2D eigenvalue weighted by atomic mass is 35.5. The summed E-state index contributed by atoms with van der Waals surface area (Å²) in [6.07, 6.45) is 5.40. The lowest BCUT2D eigenvalue weighted by molar-refractivity contribution is -0.155. The maximum Gasteiger partial charge on any atom is 0.278 e. The fourth-order valence-electron chi connectivity index (χ4n) is 3.31. The van der Waals surface area contributed by atoms with E-state index in [4.69, 9.17) is 16.3 Å². The van der Waals surface area contributed by atoms with Crippen LogP contribution in [0.2, 0.25) is 5.02 Å². The van der Waals surface area contributed by atoms with Crippen molar-refractivity contribution < 1.29 is 14.3 Å². The Kier molecular flexibility index (Phi) is 4.23. The number of anilines is 1. The molecular weight excluding hydrogens is 316 g/mol. The van der Waals surface area contributed by atoms with E-state index in [0.717, 1.165) is 25.7 Å². The Balaban J connectivity index is 1.84.